The van der Waals surface area contributed by atoms with Gasteiger partial charge in [-0.2, -0.15) is 0 Å². The predicted molar refractivity (Wildman–Crippen MR) is 95.0 cm³/mol. The van der Waals surface area contributed by atoms with Crippen molar-refractivity contribution in [3.05, 3.63) is 42.2 Å². The summed E-state index contributed by atoms with van der Waals surface area (Å²) in [5.74, 6) is 1.50. The van der Waals surface area contributed by atoms with Gasteiger partial charge in [-0.3, -0.25) is 0 Å². The number of hydrogen-bond donors (Lipinski definition) is 2. The highest BCUT2D eigenvalue weighted by molar-refractivity contribution is 5.90. The SMILES string of the molecule is COc1cc(NC(=O)NCCOc2ccc(F)cc2)cc(OC)c1OC. The van der Waals surface area contributed by atoms with Gasteiger partial charge in [0.15, 0.2) is 11.5 Å². The zero-order valence-electron chi connectivity index (χ0n) is 14.8. The number of carbonyl (C=O) groups is 1. The van der Waals surface area contributed by atoms with Gasteiger partial charge in [-0.15, -0.1) is 0 Å². The molecule has 0 saturated heterocycles. The Morgan fingerprint density at radius 2 is 1.62 bits per heavy atom. The lowest BCUT2D eigenvalue weighted by molar-refractivity contribution is 0.247. The molecule has 0 atom stereocenters. The molecule has 2 amide bonds. The molecular formula is C18H21FN2O5. The van der Waals surface area contributed by atoms with Crippen LogP contribution in [-0.2, 0) is 0 Å². The number of carbonyl (C=O) groups excluding carboxylic acids is 1. The topological polar surface area (TPSA) is 78.1 Å². The van der Waals surface area contributed by atoms with Crippen LogP contribution in [-0.4, -0.2) is 40.5 Å². The van der Waals surface area contributed by atoms with Crippen LogP contribution in [0.25, 0.3) is 0 Å². The van der Waals surface area contributed by atoms with E-state index >= 15 is 0 Å². The Morgan fingerprint density at radius 3 is 2.15 bits per heavy atom. The lowest BCUT2D eigenvalue weighted by Crippen LogP contribution is -2.32. The Labute approximate surface area is 151 Å². The number of nitrogens with one attached hydrogen (secondary N) is 2. The van der Waals surface area contributed by atoms with E-state index in [0.29, 0.717) is 28.7 Å². The minimum atomic E-state index is -0.415. The fourth-order valence-electron chi connectivity index (χ4n) is 2.19. The third-order valence-electron chi connectivity index (χ3n) is 3.39. The summed E-state index contributed by atoms with van der Waals surface area (Å²) in [5, 5.41) is 5.33. The van der Waals surface area contributed by atoms with Crippen molar-refractivity contribution < 1.29 is 28.1 Å². The summed E-state index contributed by atoms with van der Waals surface area (Å²) in [5.41, 5.74) is 0.483. The van der Waals surface area contributed by atoms with Gasteiger partial charge in [0.1, 0.15) is 18.2 Å². The lowest BCUT2D eigenvalue weighted by atomic mass is 10.2. The van der Waals surface area contributed by atoms with E-state index in [1.165, 1.54) is 45.6 Å². The first-order chi connectivity index (χ1) is 12.6. The summed E-state index contributed by atoms with van der Waals surface area (Å²) in [6.07, 6.45) is 0. The number of amides is 2. The molecular weight excluding hydrogens is 343 g/mol. The molecule has 2 N–H and O–H groups in total. The minimum absolute atomic E-state index is 0.244. The lowest BCUT2D eigenvalue weighted by Gasteiger charge is -2.15. The number of urea groups is 1. The third-order valence-corrected chi connectivity index (χ3v) is 3.39. The molecule has 0 unspecified atom stereocenters. The molecule has 26 heavy (non-hydrogen) atoms. The quantitative estimate of drug-likeness (QED) is 0.704. The normalized spacial score (nSPS) is 10.0. The summed E-state index contributed by atoms with van der Waals surface area (Å²) >= 11 is 0. The van der Waals surface area contributed by atoms with E-state index in [1.807, 2.05) is 0 Å². The Kier molecular flexibility index (Phi) is 6.90. The Hall–Kier alpha value is -3.16. The number of ether oxygens (including phenoxy) is 4. The van der Waals surface area contributed by atoms with Gasteiger partial charge in [0.05, 0.1) is 33.6 Å². The first-order valence-electron chi connectivity index (χ1n) is 7.80. The average Bonchev–Trinajstić information content (AvgIpc) is 2.65. The fraction of sp³-hybridized carbons (Fsp3) is 0.278. The number of methoxy groups -OCH3 is 3. The largest absolute Gasteiger partial charge is 0.493 e. The molecule has 0 aliphatic rings. The molecule has 0 spiro atoms. The van der Waals surface area contributed by atoms with Gasteiger partial charge >= 0.3 is 6.03 Å². The molecule has 2 aromatic rings. The van der Waals surface area contributed by atoms with Gasteiger partial charge in [-0.05, 0) is 24.3 Å². The van der Waals surface area contributed by atoms with Crippen molar-refractivity contribution in [1.29, 1.82) is 0 Å². The summed E-state index contributed by atoms with van der Waals surface area (Å²) in [4.78, 5) is 12.0. The molecule has 0 aliphatic heterocycles. The molecule has 0 heterocycles. The van der Waals surface area contributed by atoms with Crippen LogP contribution in [0.3, 0.4) is 0 Å². The maximum absolute atomic E-state index is 12.8. The highest BCUT2D eigenvalue weighted by Gasteiger charge is 2.14. The highest BCUT2D eigenvalue weighted by atomic mass is 19.1. The standard InChI is InChI=1S/C18H21FN2O5/c1-23-15-10-13(11-16(24-2)17(15)25-3)21-18(22)20-8-9-26-14-6-4-12(19)5-7-14/h4-7,10-11H,8-9H2,1-3H3,(H2,20,21,22). The molecule has 0 bridgehead atoms. The fourth-order valence-corrected chi connectivity index (χ4v) is 2.19. The number of rotatable bonds is 8. The van der Waals surface area contributed by atoms with Crippen molar-refractivity contribution in [3.63, 3.8) is 0 Å². The smallest absolute Gasteiger partial charge is 0.319 e. The van der Waals surface area contributed by atoms with E-state index in [9.17, 15) is 9.18 Å². The zero-order valence-corrected chi connectivity index (χ0v) is 14.8. The Bertz CT molecular complexity index is 712. The summed E-state index contributed by atoms with van der Waals surface area (Å²) < 4.78 is 33.9. The van der Waals surface area contributed by atoms with Crippen molar-refractivity contribution in [1.82, 2.24) is 5.32 Å². The maximum atomic E-state index is 12.8. The van der Waals surface area contributed by atoms with Gasteiger partial charge in [-0.25, -0.2) is 9.18 Å². The second-order valence-corrected chi connectivity index (χ2v) is 5.10. The van der Waals surface area contributed by atoms with E-state index in [2.05, 4.69) is 10.6 Å². The Balaban J connectivity index is 1.86. The molecule has 0 radical (unpaired) electrons. The van der Waals surface area contributed by atoms with Crippen molar-refractivity contribution in [2.45, 2.75) is 0 Å². The molecule has 0 aromatic heterocycles. The molecule has 0 saturated carbocycles. The van der Waals surface area contributed by atoms with Crippen molar-refractivity contribution in [3.8, 4) is 23.0 Å². The van der Waals surface area contributed by atoms with E-state index in [4.69, 9.17) is 18.9 Å². The monoisotopic (exact) mass is 364 g/mol. The van der Waals surface area contributed by atoms with Gasteiger partial charge in [0.25, 0.3) is 0 Å². The zero-order chi connectivity index (χ0) is 18.9. The molecule has 8 heteroatoms. The van der Waals surface area contributed by atoms with Crippen molar-refractivity contribution in [2.24, 2.45) is 0 Å². The average molecular weight is 364 g/mol. The third kappa shape index (κ3) is 5.17. The van der Waals surface area contributed by atoms with E-state index < -0.39 is 6.03 Å². The van der Waals surface area contributed by atoms with Crippen LogP contribution in [0.4, 0.5) is 14.9 Å². The molecule has 0 aliphatic carbocycles. The van der Waals surface area contributed by atoms with Crippen LogP contribution in [0.1, 0.15) is 0 Å². The van der Waals surface area contributed by atoms with Crippen LogP contribution < -0.4 is 29.6 Å². The second kappa shape index (κ2) is 9.36. The second-order valence-electron chi connectivity index (χ2n) is 5.10. The predicted octanol–water partition coefficient (Wildman–Crippen LogP) is 3.05. The molecule has 2 rings (SSSR count). The van der Waals surface area contributed by atoms with E-state index in [1.54, 1.807) is 12.1 Å². The first-order valence-corrected chi connectivity index (χ1v) is 7.80. The number of anilines is 1. The van der Waals surface area contributed by atoms with Gasteiger partial charge in [0, 0.05) is 12.1 Å². The van der Waals surface area contributed by atoms with Crippen LogP contribution in [0.5, 0.6) is 23.0 Å². The number of benzene rings is 2. The van der Waals surface area contributed by atoms with E-state index in [0.717, 1.165) is 0 Å². The number of halogens is 1. The first kappa shape index (κ1) is 19.2. The van der Waals surface area contributed by atoms with E-state index in [-0.39, 0.29) is 19.0 Å². The van der Waals surface area contributed by atoms with Gasteiger partial charge < -0.3 is 29.6 Å². The van der Waals surface area contributed by atoms with Crippen molar-refractivity contribution >= 4 is 11.7 Å². The molecule has 7 nitrogen and oxygen atoms in total. The molecule has 0 fully saturated rings. The summed E-state index contributed by atoms with van der Waals surface area (Å²) in [6.45, 7) is 0.516. The minimum Gasteiger partial charge on any atom is -0.493 e. The van der Waals surface area contributed by atoms with Crippen LogP contribution in [0, 0.1) is 5.82 Å². The molecule has 140 valence electrons. The highest BCUT2D eigenvalue weighted by Crippen LogP contribution is 2.39. The van der Waals surface area contributed by atoms with Gasteiger partial charge in [-0.1, -0.05) is 0 Å². The van der Waals surface area contributed by atoms with Crippen LogP contribution in [0.15, 0.2) is 36.4 Å². The van der Waals surface area contributed by atoms with Gasteiger partial charge in [0.2, 0.25) is 5.75 Å². The van der Waals surface area contributed by atoms with Crippen LogP contribution >= 0.6 is 0 Å². The summed E-state index contributed by atoms with van der Waals surface area (Å²) in [7, 11) is 4.49. The summed E-state index contributed by atoms with van der Waals surface area (Å²) in [6, 6.07) is 8.48. The van der Waals surface area contributed by atoms with Crippen LogP contribution in [0.2, 0.25) is 0 Å². The van der Waals surface area contributed by atoms with Crippen molar-refractivity contribution in [2.75, 3.05) is 39.8 Å². The number of hydrogen-bond acceptors (Lipinski definition) is 5. The molecule has 2 aromatic carbocycles. The Morgan fingerprint density at radius 1 is 1.00 bits per heavy atom. The maximum Gasteiger partial charge on any atom is 0.319 e.